The molecule has 2 N–H and O–H groups in total. The fourth-order valence-electron chi connectivity index (χ4n) is 1.86. The van der Waals surface area contributed by atoms with Crippen molar-refractivity contribution in [3.63, 3.8) is 0 Å². The summed E-state index contributed by atoms with van der Waals surface area (Å²) in [6, 6.07) is 0. The van der Waals surface area contributed by atoms with E-state index in [4.69, 9.17) is 0 Å². The molecule has 1 aromatic rings. The van der Waals surface area contributed by atoms with Gasteiger partial charge < -0.3 is 10.4 Å². The lowest BCUT2D eigenvalue weighted by molar-refractivity contribution is -0.145. The molecule has 2 heterocycles. The molecule has 0 aliphatic carbocycles. The first-order valence-corrected chi connectivity index (χ1v) is 5.67. The molecule has 1 aliphatic rings. The van der Waals surface area contributed by atoms with Crippen molar-refractivity contribution in [3.8, 4) is 0 Å². The van der Waals surface area contributed by atoms with Crippen molar-refractivity contribution < 1.29 is 9.90 Å². The van der Waals surface area contributed by atoms with Crippen LogP contribution in [0.4, 0.5) is 0 Å². The Morgan fingerprint density at radius 1 is 1.53 bits per heavy atom. The maximum atomic E-state index is 11.4. The van der Waals surface area contributed by atoms with E-state index in [9.17, 15) is 9.90 Å². The number of aliphatic carboxylic acids is 1. The van der Waals surface area contributed by atoms with E-state index in [-0.39, 0.29) is 0 Å². The quantitative estimate of drug-likeness (QED) is 0.771. The number of aromatic nitrogens is 2. The van der Waals surface area contributed by atoms with Crippen LogP contribution in [0.25, 0.3) is 0 Å². The van der Waals surface area contributed by atoms with Crippen LogP contribution >= 0.6 is 11.5 Å². The summed E-state index contributed by atoms with van der Waals surface area (Å²) in [6.07, 6.45) is 1.19. The highest BCUT2D eigenvalue weighted by atomic mass is 32.1. The van der Waals surface area contributed by atoms with Gasteiger partial charge in [0.15, 0.2) is 0 Å². The fraction of sp³-hybridized carbons (Fsp3) is 0.667. The topological polar surface area (TPSA) is 75.1 Å². The number of aryl methyl sites for hydroxylation is 1. The maximum absolute atomic E-state index is 11.4. The van der Waals surface area contributed by atoms with E-state index in [1.54, 1.807) is 6.92 Å². The molecule has 2 rings (SSSR count). The normalized spacial score (nSPS) is 20.1. The lowest BCUT2D eigenvalue weighted by Crippen LogP contribution is -2.45. The standard InChI is InChI=1S/C9H13N3O2S/c1-6-11-7(15-12-6)9(8(13)14)2-4-10-5-3-9/h10H,2-5H2,1H3,(H,13,14). The highest BCUT2D eigenvalue weighted by Gasteiger charge is 2.44. The molecule has 6 heteroatoms. The lowest BCUT2D eigenvalue weighted by atomic mass is 9.79. The summed E-state index contributed by atoms with van der Waals surface area (Å²) in [6.45, 7) is 3.24. The van der Waals surface area contributed by atoms with Crippen LogP contribution < -0.4 is 5.32 Å². The van der Waals surface area contributed by atoms with Crippen molar-refractivity contribution in [2.24, 2.45) is 0 Å². The number of nitrogens with one attached hydrogen (secondary N) is 1. The van der Waals surface area contributed by atoms with E-state index in [1.807, 2.05) is 0 Å². The van der Waals surface area contributed by atoms with Crippen molar-refractivity contribution in [2.45, 2.75) is 25.2 Å². The Balaban J connectivity index is 2.37. The zero-order valence-electron chi connectivity index (χ0n) is 8.49. The number of rotatable bonds is 2. The van der Waals surface area contributed by atoms with Crippen LogP contribution in [0.2, 0.25) is 0 Å². The van der Waals surface area contributed by atoms with Gasteiger partial charge in [-0.3, -0.25) is 4.79 Å². The molecule has 1 saturated heterocycles. The highest BCUT2D eigenvalue weighted by molar-refractivity contribution is 7.05. The van der Waals surface area contributed by atoms with Crippen molar-refractivity contribution in [3.05, 3.63) is 10.8 Å². The Morgan fingerprint density at radius 2 is 2.20 bits per heavy atom. The van der Waals surface area contributed by atoms with Gasteiger partial charge in [-0.2, -0.15) is 4.37 Å². The number of carboxylic acids is 1. The zero-order valence-corrected chi connectivity index (χ0v) is 9.30. The first kappa shape index (κ1) is 10.5. The SMILES string of the molecule is Cc1nsc(C2(C(=O)O)CCNCC2)n1. The molecule has 0 amide bonds. The van der Waals surface area contributed by atoms with E-state index in [0.717, 1.165) is 13.1 Å². The minimum Gasteiger partial charge on any atom is -0.481 e. The van der Waals surface area contributed by atoms with Gasteiger partial charge in [0.05, 0.1) is 0 Å². The van der Waals surface area contributed by atoms with E-state index in [2.05, 4.69) is 14.7 Å². The summed E-state index contributed by atoms with van der Waals surface area (Å²) in [7, 11) is 0. The second-order valence-electron chi connectivity index (χ2n) is 3.78. The summed E-state index contributed by atoms with van der Waals surface area (Å²) < 4.78 is 4.07. The largest absolute Gasteiger partial charge is 0.481 e. The van der Waals surface area contributed by atoms with E-state index in [1.165, 1.54) is 11.5 Å². The fourth-order valence-corrected chi connectivity index (χ4v) is 2.76. The third-order valence-corrected chi connectivity index (χ3v) is 3.81. The molecule has 1 aromatic heterocycles. The molecular formula is C9H13N3O2S. The summed E-state index contributed by atoms with van der Waals surface area (Å²) in [5, 5.41) is 13.2. The highest BCUT2D eigenvalue weighted by Crippen LogP contribution is 2.34. The minimum atomic E-state index is -0.808. The number of hydrogen-bond acceptors (Lipinski definition) is 5. The molecule has 15 heavy (non-hydrogen) atoms. The Bertz CT molecular complexity index is 371. The van der Waals surface area contributed by atoms with Crippen LogP contribution in [0.5, 0.6) is 0 Å². The van der Waals surface area contributed by atoms with Crippen LogP contribution in [0, 0.1) is 6.92 Å². The Labute approximate surface area is 91.7 Å². The predicted octanol–water partition coefficient (Wildman–Crippen LogP) is 0.552. The van der Waals surface area contributed by atoms with Gasteiger partial charge in [0.1, 0.15) is 16.2 Å². The van der Waals surface area contributed by atoms with Crippen molar-refractivity contribution in [2.75, 3.05) is 13.1 Å². The van der Waals surface area contributed by atoms with Crippen LogP contribution in [0.1, 0.15) is 23.7 Å². The third-order valence-electron chi connectivity index (χ3n) is 2.80. The number of carbonyl (C=O) groups is 1. The first-order chi connectivity index (χ1) is 7.15. The second-order valence-corrected chi connectivity index (χ2v) is 4.54. The maximum Gasteiger partial charge on any atom is 0.316 e. The summed E-state index contributed by atoms with van der Waals surface area (Å²) in [5.74, 6) is -0.116. The number of nitrogens with zero attached hydrogens (tertiary/aromatic N) is 2. The van der Waals surface area contributed by atoms with Crippen molar-refractivity contribution in [1.29, 1.82) is 0 Å². The summed E-state index contributed by atoms with van der Waals surface area (Å²) in [5.41, 5.74) is -0.808. The number of hydrogen-bond donors (Lipinski definition) is 2. The van der Waals surface area contributed by atoms with Crippen LogP contribution in [0.15, 0.2) is 0 Å². The number of piperidine rings is 1. The number of carboxylic acid groups (broad SMARTS) is 1. The molecule has 0 saturated carbocycles. The summed E-state index contributed by atoms with van der Waals surface area (Å²) in [4.78, 5) is 15.6. The Hall–Kier alpha value is -1.01. The molecule has 0 atom stereocenters. The lowest BCUT2D eigenvalue weighted by Gasteiger charge is -2.31. The van der Waals surface area contributed by atoms with E-state index >= 15 is 0 Å². The minimum absolute atomic E-state index is 0.594. The molecule has 1 fully saturated rings. The Morgan fingerprint density at radius 3 is 2.67 bits per heavy atom. The molecule has 0 bridgehead atoms. The van der Waals surface area contributed by atoms with E-state index < -0.39 is 11.4 Å². The molecule has 5 nitrogen and oxygen atoms in total. The smallest absolute Gasteiger partial charge is 0.316 e. The van der Waals surface area contributed by atoms with Gasteiger partial charge in [0.25, 0.3) is 0 Å². The van der Waals surface area contributed by atoms with E-state index in [0.29, 0.717) is 23.7 Å². The van der Waals surface area contributed by atoms with Crippen molar-refractivity contribution >= 4 is 17.5 Å². The average Bonchev–Trinajstić information content (AvgIpc) is 2.66. The van der Waals surface area contributed by atoms with Gasteiger partial charge in [-0.1, -0.05) is 0 Å². The van der Waals surface area contributed by atoms with Gasteiger partial charge in [0.2, 0.25) is 0 Å². The summed E-state index contributed by atoms with van der Waals surface area (Å²) >= 11 is 1.21. The van der Waals surface area contributed by atoms with Gasteiger partial charge in [0, 0.05) is 0 Å². The zero-order chi connectivity index (χ0) is 10.9. The third kappa shape index (κ3) is 1.74. The molecular weight excluding hydrogens is 214 g/mol. The molecule has 0 aromatic carbocycles. The average molecular weight is 227 g/mol. The predicted molar refractivity (Wildman–Crippen MR) is 56.1 cm³/mol. The second kappa shape index (κ2) is 3.86. The van der Waals surface area contributed by atoms with Crippen LogP contribution in [0.3, 0.4) is 0 Å². The van der Waals surface area contributed by atoms with Gasteiger partial charge in [-0.25, -0.2) is 4.98 Å². The molecule has 1 aliphatic heterocycles. The van der Waals surface area contributed by atoms with Crippen molar-refractivity contribution in [1.82, 2.24) is 14.7 Å². The van der Waals surface area contributed by atoms with Gasteiger partial charge >= 0.3 is 5.97 Å². The van der Waals surface area contributed by atoms with Crippen LogP contribution in [-0.2, 0) is 10.2 Å². The first-order valence-electron chi connectivity index (χ1n) is 4.90. The monoisotopic (exact) mass is 227 g/mol. The molecule has 82 valence electrons. The molecule has 0 unspecified atom stereocenters. The molecule has 0 spiro atoms. The van der Waals surface area contributed by atoms with Gasteiger partial charge in [-0.15, -0.1) is 0 Å². The van der Waals surface area contributed by atoms with Gasteiger partial charge in [-0.05, 0) is 44.4 Å². The molecule has 0 radical (unpaired) electrons. The Kier molecular flexibility index (Phi) is 2.70. The van der Waals surface area contributed by atoms with Crippen LogP contribution in [-0.4, -0.2) is 33.5 Å².